The number of carbonyl (C=O) groups is 1. The molecule has 74 valence electrons. The smallest absolute Gasteiger partial charge is 0.221 e. The van der Waals surface area contributed by atoms with Crippen molar-refractivity contribution in [2.24, 2.45) is 5.92 Å². The molecule has 2 atom stereocenters. The highest BCUT2D eigenvalue weighted by Gasteiger charge is 2.33. The summed E-state index contributed by atoms with van der Waals surface area (Å²) in [5, 5.41) is 6.35. The zero-order valence-electron chi connectivity index (χ0n) is 8.18. The Morgan fingerprint density at radius 2 is 2.15 bits per heavy atom. The van der Waals surface area contributed by atoms with Gasteiger partial charge >= 0.3 is 0 Å². The first kappa shape index (κ1) is 9.00. The number of hydrogen-bond donors (Lipinski definition) is 2. The molecule has 1 amide bonds. The second kappa shape index (κ2) is 3.66. The Labute approximate surface area is 79.3 Å². The molecule has 0 aliphatic heterocycles. The summed E-state index contributed by atoms with van der Waals surface area (Å²) in [6.45, 7) is 3.02. The molecule has 0 spiro atoms. The van der Waals surface area contributed by atoms with Crippen molar-refractivity contribution in [2.45, 2.75) is 44.7 Å². The maximum absolute atomic E-state index is 11.3. The van der Waals surface area contributed by atoms with Gasteiger partial charge in [0.05, 0.1) is 0 Å². The highest BCUT2D eigenvalue weighted by atomic mass is 16.1. The molecule has 3 heteroatoms. The minimum atomic E-state index is 0.211. The van der Waals surface area contributed by atoms with Crippen LogP contribution in [0.5, 0.6) is 0 Å². The van der Waals surface area contributed by atoms with Gasteiger partial charge in [-0.25, -0.2) is 0 Å². The second-order valence-corrected chi connectivity index (χ2v) is 4.37. The number of nitrogens with one attached hydrogen (secondary N) is 2. The summed E-state index contributed by atoms with van der Waals surface area (Å²) in [6.07, 6.45) is 4.39. The van der Waals surface area contributed by atoms with Crippen LogP contribution >= 0.6 is 0 Å². The Hall–Kier alpha value is -0.570. The van der Waals surface area contributed by atoms with E-state index in [2.05, 4.69) is 17.6 Å². The molecule has 2 unspecified atom stereocenters. The first-order valence-corrected chi connectivity index (χ1v) is 5.28. The normalized spacial score (nSPS) is 31.5. The fraction of sp³-hybridized carbons (Fsp3) is 0.900. The van der Waals surface area contributed by atoms with Crippen LogP contribution in [0.1, 0.15) is 32.6 Å². The van der Waals surface area contributed by atoms with Gasteiger partial charge < -0.3 is 10.6 Å². The van der Waals surface area contributed by atoms with Gasteiger partial charge in [0.1, 0.15) is 0 Å². The van der Waals surface area contributed by atoms with Crippen molar-refractivity contribution >= 4 is 5.91 Å². The topological polar surface area (TPSA) is 41.1 Å². The Bertz CT molecular complexity index is 201. The van der Waals surface area contributed by atoms with E-state index in [1.807, 2.05) is 0 Å². The lowest BCUT2D eigenvalue weighted by atomic mass is 10.3. The van der Waals surface area contributed by atoms with E-state index in [9.17, 15) is 4.79 Å². The van der Waals surface area contributed by atoms with Crippen molar-refractivity contribution < 1.29 is 4.79 Å². The minimum absolute atomic E-state index is 0.211. The van der Waals surface area contributed by atoms with Crippen LogP contribution in [-0.4, -0.2) is 24.5 Å². The van der Waals surface area contributed by atoms with Crippen molar-refractivity contribution in [1.82, 2.24) is 10.6 Å². The van der Waals surface area contributed by atoms with Gasteiger partial charge in [-0.05, 0) is 25.2 Å². The minimum Gasteiger partial charge on any atom is -0.353 e. The SMILES string of the molecule is CC1CC1NC(=O)CCNC1CC1. The standard InChI is InChI=1S/C10H18N2O/c1-7-6-9(7)12-10(13)4-5-11-8-2-3-8/h7-9,11H,2-6H2,1H3,(H,12,13). The number of amides is 1. The van der Waals surface area contributed by atoms with E-state index in [1.165, 1.54) is 19.3 Å². The average molecular weight is 182 g/mol. The van der Waals surface area contributed by atoms with E-state index >= 15 is 0 Å². The summed E-state index contributed by atoms with van der Waals surface area (Å²) < 4.78 is 0. The lowest BCUT2D eigenvalue weighted by molar-refractivity contribution is -0.121. The molecule has 0 radical (unpaired) electrons. The summed E-state index contributed by atoms with van der Waals surface area (Å²) in [6, 6.07) is 1.20. The molecular formula is C10H18N2O. The van der Waals surface area contributed by atoms with Gasteiger partial charge in [-0.2, -0.15) is 0 Å². The van der Waals surface area contributed by atoms with Crippen LogP contribution in [0.3, 0.4) is 0 Å². The van der Waals surface area contributed by atoms with Crippen LogP contribution in [0.2, 0.25) is 0 Å². The molecule has 0 aromatic rings. The highest BCUT2D eigenvalue weighted by molar-refractivity contribution is 5.76. The number of rotatable bonds is 5. The van der Waals surface area contributed by atoms with Crippen LogP contribution in [0, 0.1) is 5.92 Å². The predicted molar refractivity (Wildman–Crippen MR) is 51.4 cm³/mol. The molecule has 2 aliphatic carbocycles. The van der Waals surface area contributed by atoms with Crippen LogP contribution in [0.25, 0.3) is 0 Å². The lowest BCUT2D eigenvalue weighted by Crippen LogP contribution is -2.30. The summed E-state index contributed by atoms with van der Waals surface area (Å²) in [5.41, 5.74) is 0. The van der Waals surface area contributed by atoms with Crippen LogP contribution in [0.4, 0.5) is 0 Å². The van der Waals surface area contributed by atoms with Gasteiger partial charge in [0.15, 0.2) is 0 Å². The Balaban J connectivity index is 1.50. The van der Waals surface area contributed by atoms with Crippen molar-refractivity contribution in [1.29, 1.82) is 0 Å². The molecule has 0 aromatic carbocycles. The maximum atomic E-state index is 11.3. The number of carbonyl (C=O) groups excluding carboxylic acids is 1. The first-order valence-electron chi connectivity index (χ1n) is 5.28. The van der Waals surface area contributed by atoms with Gasteiger partial charge in [-0.15, -0.1) is 0 Å². The first-order chi connectivity index (χ1) is 6.25. The number of hydrogen-bond acceptors (Lipinski definition) is 2. The molecule has 0 saturated heterocycles. The van der Waals surface area contributed by atoms with E-state index in [0.29, 0.717) is 24.4 Å². The summed E-state index contributed by atoms with van der Waals surface area (Å²) in [7, 11) is 0. The van der Waals surface area contributed by atoms with Gasteiger partial charge in [0.25, 0.3) is 0 Å². The zero-order valence-corrected chi connectivity index (χ0v) is 8.18. The van der Waals surface area contributed by atoms with Crippen LogP contribution in [0.15, 0.2) is 0 Å². The van der Waals surface area contributed by atoms with Crippen LogP contribution < -0.4 is 10.6 Å². The van der Waals surface area contributed by atoms with Gasteiger partial charge in [0.2, 0.25) is 5.91 Å². The fourth-order valence-electron chi connectivity index (χ4n) is 1.48. The average Bonchev–Trinajstić information content (AvgIpc) is 2.93. The molecule has 0 heterocycles. The third kappa shape index (κ3) is 2.99. The Morgan fingerprint density at radius 3 is 2.69 bits per heavy atom. The maximum Gasteiger partial charge on any atom is 0.221 e. The van der Waals surface area contributed by atoms with Crippen molar-refractivity contribution in [3.8, 4) is 0 Å². The van der Waals surface area contributed by atoms with E-state index in [4.69, 9.17) is 0 Å². The van der Waals surface area contributed by atoms with Crippen LogP contribution in [-0.2, 0) is 4.79 Å². The predicted octanol–water partition coefficient (Wildman–Crippen LogP) is 0.653. The third-order valence-electron chi connectivity index (χ3n) is 2.82. The lowest BCUT2D eigenvalue weighted by Gasteiger charge is -2.04. The summed E-state index contributed by atoms with van der Waals surface area (Å²) in [5.74, 6) is 0.919. The van der Waals surface area contributed by atoms with Crippen molar-refractivity contribution in [3.05, 3.63) is 0 Å². The molecule has 0 aromatic heterocycles. The fourth-order valence-corrected chi connectivity index (χ4v) is 1.48. The summed E-state index contributed by atoms with van der Waals surface area (Å²) in [4.78, 5) is 11.3. The molecule has 2 rings (SSSR count). The van der Waals surface area contributed by atoms with E-state index in [0.717, 1.165) is 6.54 Å². The second-order valence-electron chi connectivity index (χ2n) is 4.37. The van der Waals surface area contributed by atoms with Crippen molar-refractivity contribution in [2.75, 3.05) is 6.54 Å². The van der Waals surface area contributed by atoms with Gasteiger partial charge in [-0.1, -0.05) is 6.92 Å². The third-order valence-corrected chi connectivity index (χ3v) is 2.82. The zero-order chi connectivity index (χ0) is 9.26. The summed E-state index contributed by atoms with van der Waals surface area (Å²) >= 11 is 0. The Kier molecular flexibility index (Phi) is 2.54. The van der Waals surface area contributed by atoms with Gasteiger partial charge in [-0.3, -0.25) is 4.79 Å². The monoisotopic (exact) mass is 182 g/mol. The van der Waals surface area contributed by atoms with E-state index in [1.54, 1.807) is 0 Å². The van der Waals surface area contributed by atoms with E-state index < -0.39 is 0 Å². The quantitative estimate of drug-likeness (QED) is 0.655. The Morgan fingerprint density at radius 1 is 1.46 bits per heavy atom. The van der Waals surface area contributed by atoms with Crippen molar-refractivity contribution in [3.63, 3.8) is 0 Å². The molecule has 3 nitrogen and oxygen atoms in total. The molecule has 2 N–H and O–H groups in total. The highest BCUT2D eigenvalue weighted by Crippen LogP contribution is 2.28. The molecule has 2 fully saturated rings. The molecule has 0 bridgehead atoms. The molecule has 2 saturated carbocycles. The van der Waals surface area contributed by atoms with E-state index in [-0.39, 0.29) is 5.91 Å². The van der Waals surface area contributed by atoms with Gasteiger partial charge in [0, 0.05) is 25.0 Å². The largest absolute Gasteiger partial charge is 0.353 e. The molecular weight excluding hydrogens is 164 g/mol. The molecule has 13 heavy (non-hydrogen) atoms. The molecule has 2 aliphatic rings.